The predicted molar refractivity (Wildman–Crippen MR) is 58.6 cm³/mol. The first kappa shape index (κ1) is 11.0. The zero-order valence-electron chi connectivity index (χ0n) is 8.53. The van der Waals surface area contributed by atoms with Gasteiger partial charge in [-0.25, -0.2) is 0 Å². The highest BCUT2D eigenvalue weighted by Crippen LogP contribution is 2.09. The van der Waals surface area contributed by atoms with Crippen molar-refractivity contribution in [2.75, 3.05) is 0 Å². The summed E-state index contributed by atoms with van der Waals surface area (Å²) in [6.07, 6.45) is 2.45. The monoisotopic (exact) mass is 200 g/mol. The van der Waals surface area contributed by atoms with Crippen LogP contribution in [0.5, 0.6) is 0 Å². The molecule has 0 saturated carbocycles. The number of rotatable bonds is 3. The number of benzene rings is 1. The van der Waals surface area contributed by atoms with E-state index in [2.05, 4.69) is 6.92 Å². The first-order chi connectivity index (χ1) is 7.17. The molecule has 0 aromatic heterocycles. The lowest BCUT2D eigenvalue weighted by Crippen LogP contribution is -2.12. The molecule has 0 unspecified atom stereocenters. The molecule has 0 aliphatic carbocycles. The fraction of sp³-hybridized carbons (Fsp3) is 0.167. The summed E-state index contributed by atoms with van der Waals surface area (Å²) in [6.45, 7) is 2.06. The molecular formula is C12H12N2O. The number of amides is 1. The highest BCUT2D eigenvalue weighted by atomic mass is 16.1. The molecule has 2 N–H and O–H groups in total. The van der Waals surface area contributed by atoms with Crippen LogP contribution in [0.4, 0.5) is 0 Å². The van der Waals surface area contributed by atoms with Gasteiger partial charge < -0.3 is 5.73 Å². The quantitative estimate of drug-likeness (QED) is 0.595. The number of carbonyl (C=O) groups excluding carboxylic acids is 1. The topological polar surface area (TPSA) is 66.9 Å². The van der Waals surface area contributed by atoms with Crippen LogP contribution >= 0.6 is 0 Å². The number of nitriles is 1. The van der Waals surface area contributed by atoms with E-state index < -0.39 is 5.91 Å². The van der Waals surface area contributed by atoms with Crippen LogP contribution in [0.15, 0.2) is 29.8 Å². The highest BCUT2D eigenvalue weighted by Gasteiger charge is 2.02. The minimum absolute atomic E-state index is 0.0285. The molecule has 1 aromatic rings. The lowest BCUT2D eigenvalue weighted by atomic mass is 10.1. The van der Waals surface area contributed by atoms with Gasteiger partial charge in [-0.05, 0) is 23.6 Å². The number of primary amides is 1. The van der Waals surface area contributed by atoms with Crippen LogP contribution in [0.2, 0.25) is 0 Å². The summed E-state index contributed by atoms with van der Waals surface area (Å²) in [5.41, 5.74) is 7.01. The van der Waals surface area contributed by atoms with Gasteiger partial charge in [-0.15, -0.1) is 0 Å². The normalized spacial score (nSPS) is 10.8. The molecule has 76 valence electrons. The van der Waals surface area contributed by atoms with Crippen LogP contribution < -0.4 is 5.73 Å². The molecule has 1 amide bonds. The Morgan fingerprint density at radius 3 is 2.47 bits per heavy atom. The maximum Gasteiger partial charge on any atom is 0.259 e. The van der Waals surface area contributed by atoms with Crippen molar-refractivity contribution < 1.29 is 4.79 Å². The average molecular weight is 200 g/mol. The van der Waals surface area contributed by atoms with Crippen LogP contribution in [-0.4, -0.2) is 5.91 Å². The molecule has 0 aliphatic heterocycles. The maximum absolute atomic E-state index is 10.8. The fourth-order valence-corrected chi connectivity index (χ4v) is 1.17. The van der Waals surface area contributed by atoms with E-state index in [-0.39, 0.29) is 5.57 Å². The van der Waals surface area contributed by atoms with Gasteiger partial charge in [0.1, 0.15) is 11.6 Å². The first-order valence-corrected chi connectivity index (χ1v) is 4.68. The number of hydrogen-bond donors (Lipinski definition) is 1. The van der Waals surface area contributed by atoms with E-state index >= 15 is 0 Å². The SMILES string of the molecule is CCc1ccc(C=C(C#N)C(N)=O)cc1. The Hall–Kier alpha value is -2.08. The van der Waals surface area contributed by atoms with Crippen LogP contribution in [0, 0.1) is 11.3 Å². The Bertz CT molecular complexity index is 424. The summed E-state index contributed by atoms with van der Waals surface area (Å²) >= 11 is 0. The van der Waals surface area contributed by atoms with Gasteiger partial charge in [0.25, 0.3) is 5.91 Å². The van der Waals surface area contributed by atoms with Crippen LogP contribution in [0.1, 0.15) is 18.1 Å². The van der Waals surface area contributed by atoms with Gasteiger partial charge in [0.15, 0.2) is 0 Å². The molecule has 1 rings (SSSR count). The molecule has 0 atom stereocenters. The average Bonchev–Trinajstić information content (AvgIpc) is 2.26. The van der Waals surface area contributed by atoms with Crippen LogP contribution in [0.25, 0.3) is 6.08 Å². The molecular weight excluding hydrogens is 188 g/mol. The smallest absolute Gasteiger partial charge is 0.259 e. The second kappa shape index (κ2) is 4.97. The summed E-state index contributed by atoms with van der Waals surface area (Å²) in [4.78, 5) is 10.8. The standard InChI is InChI=1S/C12H12N2O/c1-2-9-3-5-10(6-4-9)7-11(8-13)12(14)15/h3-7H,2H2,1H3,(H2,14,15). The zero-order chi connectivity index (χ0) is 11.3. The Morgan fingerprint density at radius 1 is 1.47 bits per heavy atom. The van der Waals surface area contributed by atoms with Gasteiger partial charge in [-0.1, -0.05) is 31.2 Å². The minimum Gasteiger partial charge on any atom is -0.365 e. The van der Waals surface area contributed by atoms with Crippen molar-refractivity contribution in [2.45, 2.75) is 13.3 Å². The van der Waals surface area contributed by atoms with Gasteiger partial charge in [-0.2, -0.15) is 5.26 Å². The van der Waals surface area contributed by atoms with Crippen LogP contribution in [0.3, 0.4) is 0 Å². The van der Waals surface area contributed by atoms with Crippen molar-refractivity contribution in [3.63, 3.8) is 0 Å². The van der Waals surface area contributed by atoms with E-state index in [0.717, 1.165) is 12.0 Å². The Kier molecular flexibility index (Phi) is 3.64. The minimum atomic E-state index is -0.697. The van der Waals surface area contributed by atoms with Gasteiger partial charge in [0.05, 0.1) is 0 Å². The number of aryl methyl sites for hydroxylation is 1. The second-order valence-electron chi connectivity index (χ2n) is 3.13. The first-order valence-electron chi connectivity index (χ1n) is 4.68. The van der Waals surface area contributed by atoms with Crippen molar-refractivity contribution in [1.82, 2.24) is 0 Å². The van der Waals surface area contributed by atoms with Crippen molar-refractivity contribution in [3.05, 3.63) is 41.0 Å². The molecule has 0 radical (unpaired) electrons. The maximum atomic E-state index is 10.8. The highest BCUT2D eigenvalue weighted by molar-refractivity contribution is 6.00. The van der Waals surface area contributed by atoms with Gasteiger partial charge >= 0.3 is 0 Å². The summed E-state index contributed by atoms with van der Waals surface area (Å²) < 4.78 is 0. The largest absolute Gasteiger partial charge is 0.365 e. The molecule has 15 heavy (non-hydrogen) atoms. The molecule has 0 fully saturated rings. The molecule has 0 spiro atoms. The van der Waals surface area contributed by atoms with E-state index in [4.69, 9.17) is 11.0 Å². The summed E-state index contributed by atoms with van der Waals surface area (Å²) in [7, 11) is 0. The molecule has 0 bridgehead atoms. The van der Waals surface area contributed by atoms with Crippen molar-refractivity contribution in [3.8, 4) is 6.07 Å². The second-order valence-corrected chi connectivity index (χ2v) is 3.13. The van der Waals surface area contributed by atoms with Crippen molar-refractivity contribution in [1.29, 1.82) is 5.26 Å². The van der Waals surface area contributed by atoms with E-state index in [9.17, 15) is 4.79 Å². The third kappa shape index (κ3) is 2.96. The van der Waals surface area contributed by atoms with Crippen molar-refractivity contribution in [2.24, 2.45) is 5.73 Å². The zero-order valence-corrected chi connectivity index (χ0v) is 8.53. The van der Waals surface area contributed by atoms with E-state index in [0.29, 0.717) is 0 Å². The summed E-state index contributed by atoms with van der Waals surface area (Å²) in [5.74, 6) is -0.697. The third-order valence-electron chi connectivity index (χ3n) is 2.08. The molecule has 0 saturated heterocycles. The Balaban J connectivity index is 2.98. The fourth-order valence-electron chi connectivity index (χ4n) is 1.17. The van der Waals surface area contributed by atoms with Gasteiger partial charge in [0.2, 0.25) is 0 Å². The summed E-state index contributed by atoms with van der Waals surface area (Å²) in [6, 6.07) is 9.41. The van der Waals surface area contributed by atoms with Gasteiger partial charge in [0, 0.05) is 0 Å². The molecule has 1 aromatic carbocycles. The Morgan fingerprint density at radius 2 is 2.07 bits per heavy atom. The van der Waals surface area contributed by atoms with Crippen molar-refractivity contribution >= 4 is 12.0 Å². The number of carbonyl (C=O) groups is 1. The number of hydrogen-bond acceptors (Lipinski definition) is 2. The Labute approximate surface area is 88.8 Å². The number of nitrogens with two attached hydrogens (primary N) is 1. The van der Waals surface area contributed by atoms with E-state index in [1.807, 2.05) is 24.3 Å². The lowest BCUT2D eigenvalue weighted by molar-refractivity contribution is -0.114. The van der Waals surface area contributed by atoms with E-state index in [1.165, 1.54) is 11.6 Å². The predicted octanol–water partition coefficient (Wildman–Crippen LogP) is 1.64. The molecule has 3 nitrogen and oxygen atoms in total. The molecule has 3 heteroatoms. The molecule has 0 heterocycles. The third-order valence-corrected chi connectivity index (χ3v) is 2.08. The van der Waals surface area contributed by atoms with Gasteiger partial charge in [-0.3, -0.25) is 4.79 Å². The number of nitrogens with zero attached hydrogens (tertiary/aromatic N) is 1. The lowest BCUT2D eigenvalue weighted by Gasteiger charge is -1.97. The molecule has 0 aliphatic rings. The summed E-state index contributed by atoms with van der Waals surface area (Å²) in [5, 5.41) is 8.64. The van der Waals surface area contributed by atoms with Crippen LogP contribution in [-0.2, 0) is 11.2 Å². The van der Waals surface area contributed by atoms with E-state index in [1.54, 1.807) is 6.07 Å².